The van der Waals surface area contributed by atoms with E-state index < -0.39 is 0 Å². The fourth-order valence-corrected chi connectivity index (χ4v) is 5.46. The van der Waals surface area contributed by atoms with E-state index in [-0.39, 0.29) is 24.3 Å². The quantitative estimate of drug-likeness (QED) is 0.472. The maximum absolute atomic E-state index is 15.0. The van der Waals surface area contributed by atoms with Crippen LogP contribution in [0, 0.1) is 5.82 Å². The predicted octanol–water partition coefficient (Wildman–Crippen LogP) is 4.37. The van der Waals surface area contributed by atoms with Crippen LogP contribution in [0.15, 0.2) is 36.1 Å². The minimum Gasteiger partial charge on any atom is -0.473 e. The maximum atomic E-state index is 15.0. The Morgan fingerprint density at radius 1 is 1.13 bits per heavy atom. The Balaban J connectivity index is 0.00000204. The summed E-state index contributed by atoms with van der Waals surface area (Å²) < 4.78 is 22.0. The summed E-state index contributed by atoms with van der Waals surface area (Å²) in [5.41, 5.74) is 4.70. The van der Waals surface area contributed by atoms with Crippen molar-refractivity contribution in [2.75, 3.05) is 0 Å². The van der Waals surface area contributed by atoms with Crippen molar-refractivity contribution in [1.82, 2.24) is 30.7 Å². The molecule has 2 N–H and O–H groups in total. The minimum absolute atomic E-state index is 0. The molecular weight excluding hydrogens is 439 g/mol. The van der Waals surface area contributed by atoms with Gasteiger partial charge in [0.05, 0.1) is 27.6 Å². The standard InChI is InChI=1S/C21H19FN6OS.ClH/c22-16-7-15(21-20(23-10-30-21)19(16)11-8-24-25-9-11)17-3-4-18(28-27-17)29-14-5-12-1-2-13(6-14)26-12;/h3-4,7-10,12-14,26H,1-2,5-6H2,(H,24,25);1H/t12-,13+,14?;. The molecule has 0 aliphatic carbocycles. The molecule has 6 rings (SSSR count). The first-order valence-electron chi connectivity index (χ1n) is 10.1. The van der Waals surface area contributed by atoms with Crippen molar-refractivity contribution < 1.29 is 9.13 Å². The molecule has 2 bridgehead atoms. The Hall–Kier alpha value is -2.62. The molecule has 10 heteroatoms. The largest absolute Gasteiger partial charge is 0.473 e. The van der Waals surface area contributed by atoms with Crippen molar-refractivity contribution in [2.45, 2.75) is 43.9 Å². The second-order valence-corrected chi connectivity index (χ2v) is 8.76. The van der Waals surface area contributed by atoms with Crippen molar-refractivity contribution in [3.05, 3.63) is 41.9 Å². The number of ether oxygens (including phenoxy) is 1. The van der Waals surface area contributed by atoms with Crippen molar-refractivity contribution in [3.8, 4) is 28.3 Å². The van der Waals surface area contributed by atoms with Gasteiger partial charge in [-0.1, -0.05) is 0 Å². The monoisotopic (exact) mass is 458 g/mol. The molecule has 1 unspecified atom stereocenters. The van der Waals surface area contributed by atoms with Gasteiger partial charge in [0.25, 0.3) is 0 Å². The summed E-state index contributed by atoms with van der Waals surface area (Å²) >= 11 is 1.45. The van der Waals surface area contributed by atoms with Crippen molar-refractivity contribution in [3.63, 3.8) is 0 Å². The molecule has 31 heavy (non-hydrogen) atoms. The first-order chi connectivity index (χ1) is 14.7. The topological polar surface area (TPSA) is 88.6 Å². The lowest BCUT2D eigenvalue weighted by atomic mass is 10.0. The summed E-state index contributed by atoms with van der Waals surface area (Å²) in [6.07, 6.45) is 7.88. The Bertz CT molecular complexity index is 1190. The van der Waals surface area contributed by atoms with Gasteiger partial charge in [0.2, 0.25) is 5.88 Å². The number of fused-ring (bicyclic) bond motifs is 3. The van der Waals surface area contributed by atoms with Crippen molar-refractivity contribution >= 4 is 34.0 Å². The van der Waals surface area contributed by atoms with Crippen LogP contribution in [0.3, 0.4) is 0 Å². The van der Waals surface area contributed by atoms with Gasteiger partial charge in [-0.15, -0.1) is 33.9 Å². The van der Waals surface area contributed by atoms with Crippen LogP contribution in [0.5, 0.6) is 5.88 Å². The number of halogens is 2. The highest BCUT2D eigenvalue weighted by molar-refractivity contribution is 7.17. The van der Waals surface area contributed by atoms with Crippen LogP contribution in [-0.4, -0.2) is 43.6 Å². The van der Waals surface area contributed by atoms with Gasteiger partial charge in [-0.05, 0) is 37.8 Å². The van der Waals surface area contributed by atoms with E-state index in [0.29, 0.717) is 45.9 Å². The van der Waals surface area contributed by atoms with Crippen LogP contribution in [0.25, 0.3) is 32.6 Å². The van der Waals surface area contributed by atoms with Gasteiger partial charge in [0.1, 0.15) is 11.9 Å². The Morgan fingerprint density at radius 3 is 2.68 bits per heavy atom. The highest BCUT2D eigenvalue weighted by Crippen LogP contribution is 2.38. The fraction of sp³-hybridized carbons (Fsp3) is 0.333. The van der Waals surface area contributed by atoms with Gasteiger partial charge >= 0.3 is 0 Å². The predicted molar refractivity (Wildman–Crippen MR) is 119 cm³/mol. The molecule has 0 saturated carbocycles. The molecule has 0 spiro atoms. The van der Waals surface area contributed by atoms with E-state index >= 15 is 4.39 Å². The number of thiazole rings is 1. The molecule has 3 atom stereocenters. The van der Waals surface area contributed by atoms with Crippen LogP contribution in [0.1, 0.15) is 25.7 Å². The Kier molecular flexibility index (Phi) is 5.33. The molecule has 2 fully saturated rings. The van der Waals surface area contributed by atoms with Gasteiger partial charge < -0.3 is 10.1 Å². The van der Waals surface area contributed by atoms with E-state index in [1.54, 1.807) is 17.9 Å². The zero-order chi connectivity index (χ0) is 20.1. The van der Waals surface area contributed by atoms with Crippen molar-refractivity contribution in [1.29, 1.82) is 0 Å². The molecule has 160 valence electrons. The number of benzene rings is 1. The number of aromatic nitrogens is 5. The third-order valence-corrected chi connectivity index (χ3v) is 6.84. The highest BCUT2D eigenvalue weighted by Gasteiger charge is 2.34. The van der Waals surface area contributed by atoms with E-state index in [1.807, 2.05) is 12.1 Å². The molecule has 7 nitrogen and oxygen atoms in total. The summed E-state index contributed by atoms with van der Waals surface area (Å²) in [6.45, 7) is 0. The lowest BCUT2D eigenvalue weighted by Gasteiger charge is -2.28. The van der Waals surface area contributed by atoms with Crippen LogP contribution in [0.4, 0.5) is 4.39 Å². The van der Waals surface area contributed by atoms with Gasteiger partial charge in [-0.2, -0.15) is 5.10 Å². The molecule has 2 aliphatic rings. The molecule has 4 aromatic rings. The van der Waals surface area contributed by atoms with Crippen molar-refractivity contribution in [2.24, 2.45) is 0 Å². The average molecular weight is 459 g/mol. The van der Waals surface area contributed by atoms with Crippen LogP contribution < -0.4 is 10.1 Å². The lowest BCUT2D eigenvalue weighted by molar-refractivity contribution is 0.130. The first-order valence-corrected chi connectivity index (χ1v) is 10.9. The molecule has 2 saturated heterocycles. The smallest absolute Gasteiger partial charge is 0.233 e. The molecular formula is C21H20ClFN6OS. The first kappa shape index (κ1) is 20.3. The third kappa shape index (κ3) is 3.66. The van der Waals surface area contributed by atoms with E-state index in [2.05, 4.69) is 30.7 Å². The van der Waals surface area contributed by atoms with Crippen LogP contribution >= 0.6 is 23.7 Å². The number of H-pyrrole nitrogens is 1. The van der Waals surface area contributed by atoms with E-state index in [9.17, 15) is 0 Å². The normalized spacial score (nSPS) is 22.4. The fourth-order valence-electron chi connectivity index (χ4n) is 4.64. The number of nitrogens with zero attached hydrogens (tertiary/aromatic N) is 4. The van der Waals surface area contributed by atoms with Gasteiger partial charge in [0, 0.05) is 41.0 Å². The van der Waals surface area contributed by atoms with Gasteiger partial charge in [-0.25, -0.2) is 9.37 Å². The Labute approximate surface area is 187 Å². The number of rotatable bonds is 4. The summed E-state index contributed by atoms with van der Waals surface area (Å²) in [5.74, 6) is 0.151. The number of hydrogen-bond donors (Lipinski definition) is 2. The second-order valence-electron chi connectivity index (χ2n) is 7.90. The number of nitrogens with one attached hydrogen (secondary N) is 2. The maximum Gasteiger partial charge on any atom is 0.233 e. The van der Waals surface area contributed by atoms with E-state index in [1.165, 1.54) is 30.2 Å². The summed E-state index contributed by atoms with van der Waals surface area (Å²) in [7, 11) is 0. The average Bonchev–Trinajstić information content (AvgIpc) is 3.50. The van der Waals surface area contributed by atoms with Gasteiger partial charge in [0.15, 0.2) is 0 Å². The summed E-state index contributed by atoms with van der Waals surface area (Å²) in [6, 6.07) is 6.26. The highest BCUT2D eigenvalue weighted by atomic mass is 35.5. The van der Waals surface area contributed by atoms with Crippen LogP contribution in [-0.2, 0) is 0 Å². The molecule has 1 aromatic carbocycles. The molecule has 2 aliphatic heterocycles. The Morgan fingerprint density at radius 2 is 1.97 bits per heavy atom. The van der Waals surface area contributed by atoms with Crippen LogP contribution in [0.2, 0.25) is 0 Å². The minimum atomic E-state index is -0.364. The summed E-state index contributed by atoms with van der Waals surface area (Å²) in [4.78, 5) is 4.39. The molecule has 0 radical (unpaired) electrons. The number of aromatic amines is 1. The zero-order valence-electron chi connectivity index (χ0n) is 16.4. The molecule has 5 heterocycles. The SMILES string of the molecule is Cl.Fc1cc(-c2ccc(OC3C[C@H]4CC[C@@H](C3)N4)nn2)c2scnc2c1-c1cn[nH]c1. The summed E-state index contributed by atoms with van der Waals surface area (Å²) in [5, 5.41) is 18.9. The molecule has 3 aromatic heterocycles. The third-order valence-electron chi connectivity index (χ3n) is 5.98. The number of hydrogen-bond acceptors (Lipinski definition) is 7. The zero-order valence-corrected chi connectivity index (χ0v) is 18.0. The number of piperidine rings is 1. The van der Waals surface area contributed by atoms with E-state index in [4.69, 9.17) is 4.74 Å². The second kappa shape index (κ2) is 8.14. The van der Waals surface area contributed by atoms with E-state index in [0.717, 1.165) is 17.5 Å². The molecule has 0 amide bonds. The lowest BCUT2D eigenvalue weighted by Crippen LogP contribution is -2.42. The van der Waals surface area contributed by atoms with Gasteiger partial charge in [-0.3, -0.25) is 5.10 Å².